The van der Waals surface area contributed by atoms with Gasteiger partial charge < -0.3 is 19.7 Å². The van der Waals surface area contributed by atoms with Gasteiger partial charge in [-0.05, 0) is 36.8 Å². The molecule has 5 rings (SSSR count). The van der Waals surface area contributed by atoms with Crippen molar-refractivity contribution in [1.82, 2.24) is 19.2 Å². The molecule has 1 amide bonds. The molecular formula is C24H28N4O5S. The summed E-state index contributed by atoms with van der Waals surface area (Å²) in [6.45, 7) is 2.29. The van der Waals surface area contributed by atoms with Crippen molar-refractivity contribution in [2.24, 2.45) is 0 Å². The quantitative estimate of drug-likeness (QED) is 0.549. The summed E-state index contributed by atoms with van der Waals surface area (Å²) in [5.41, 5.74) is 2.65. The van der Waals surface area contributed by atoms with Gasteiger partial charge in [-0.3, -0.25) is 9.78 Å². The number of sulfonamides is 1. The molecule has 10 heteroatoms. The third-order valence-electron chi connectivity index (χ3n) is 7.02. The Morgan fingerprint density at radius 3 is 2.71 bits per heavy atom. The number of rotatable bonds is 6. The number of aliphatic hydroxyl groups is 1. The van der Waals surface area contributed by atoms with Gasteiger partial charge in [0.15, 0.2) is 0 Å². The van der Waals surface area contributed by atoms with Crippen LogP contribution < -0.4 is 4.74 Å². The zero-order valence-electron chi connectivity index (χ0n) is 19.2. The average molecular weight is 485 g/mol. The first-order valence-electron chi connectivity index (χ1n) is 11.3. The SMILES string of the molecule is CCS(=O)(=O)N1CC2(CN(C(=O)Cc3ccccn3)[C@H](CO)c3[nH]c4cc(OC)ccc4c32)C1. The first-order valence-corrected chi connectivity index (χ1v) is 12.9. The maximum Gasteiger partial charge on any atom is 0.229 e. The van der Waals surface area contributed by atoms with Crippen LogP contribution in [0.25, 0.3) is 10.9 Å². The Bertz CT molecular complexity index is 1330. The third-order valence-corrected chi connectivity index (χ3v) is 8.79. The number of aliphatic hydroxyl groups excluding tert-OH is 1. The molecule has 1 atom stereocenters. The van der Waals surface area contributed by atoms with E-state index in [1.165, 1.54) is 4.31 Å². The molecule has 9 nitrogen and oxygen atoms in total. The number of amides is 1. The summed E-state index contributed by atoms with van der Waals surface area (Å²) < 4.78 is 32.0. The number of pyridine rings is 1. The Kier molecular flexibility index (Phi) is 5.62. The number of nitrogens with one attached hydrogen (secondary N) is 1. The van der Waals surface area contributed by atoms with Gasteiger partial charge in [-0.1, -0.05) is 6.07 Å². The van der Waals surface area contributed by atoms with Gasteiger partial charge in [-0.25, -0.2) is 8.42 Å². The van der Waals surface area contributed by atoms with Crippen molar-refractivity contribution in [2.75, 3.05) is 39.1 Å². The Morgan fingerprint density at radius 2 is 2.06 bits per heavy atom. The van der Waals surface area contributed by atoms with Crippen molar-refractivity contribution in [3.63, 3.8) is 0 Å². The molecule has 34 heavy (non-hydrogen) atoms. The lowest BCUT2D eigenvalue weighted by molar-refractivity contribution is -0.137. The molecule has 1 aromatic carbocycles. The Labute approximate surface area is 198 Å². The van der Waals surface area contributed by atoms with Gasteiger partial charge in [0.2, 0.25) is 15.9 Å². The van der Waals surface area contributed by atoms with Crippen molar-refractivity contribution in [3.8, 4) is 5.75 Å². The Hall–Kier alpha value is -2.95. The van der Waals surface area contributed by atoms with E-state index in [0.29, 0.717) is 31.1 Å². The molecule has 0 unspecified atom stereocenters. The highest BCUT2D eigenvalue weighted by molar-refractivity contribution is 7.89. The summed E-state index contributed by atoms with van der Waals surface area (Å²) in [6, 6.07) is 10.6. The topological polar surface area (TPSA) is 116 Å². The van der Waals surface area contributed by atoms with Gasteiger partial charge in [0.1, 0.15) is 5.75 Å². The molecule has 0 radical (unpaired) electrons. The number of nitrogens with zero attached hydrogens (tertiary/aromatic N) is 3. The molecule has 2 aromatic heterocycles. The first kappa shape index (κ1) is 22.8. The van der Waals surface area contributed by atoms with E-state index in [9.17, 15) is 18.3 Å². The molecule has 3 aromatic rings. The molecule has 1 spiro atoms. The zero-order valence-corrected chi connectivity index (χ0v) is 20.0. The fraction of sp³-hybridized carbons (Fsp3) is 0.417. The molecular weight excluding hydrogens is 456 g/mol. The monoisotopic (exact) mass is 484 g/mol. The molecule has 0 aliphatic carbocycles. The second kappa shape index (κ2) is 8.37. The maximum absolute atomic E-state index is 13.4. The van der Waals surface area contributed by atoms with E-state index in [-0.39, 0.29) is 24.7 Å². The fourth-order valence-electron chi connectivity index (χ4n) is 5.29. The second-order valence-electron chi connectivity index (χ2n) is 8.99. The summed E-state index contributed by atoms with van der Waals surface area (Å²) >= 11 is 0. The van der Waals surface area contributed by atoms with Crippen LogP contribution in [0.15, 0.2) is 42.6 Å². The predicted octanol–water partition coefficient (Wildman–Crippen LogP) is 1.59. The lowest BCUT2D eigenvalue weighted by Crippen LogP contribution is -2.68. The van der Waals surface area contributed by atoms with E-state index in [0.717, 1.165) is 22.2 Å². The number of hydrogen-bond donors (Lipinski definition) is 2. The first-order chi connectivity index (χ1) is 16.3. The van der Waals surface area contributed by atoms with E-state index in [4.69, 9.17) is 4.74 Å². The van der Waals surface area contributed by atoms with Crippen molar-refractivity contribution in [2.45, 2.75) is 24.8 Å². The number of fused-ring (bicyclic) bond motifs is 4. The number of methoxy groups -OCH3 is 1. The van der Waals surface area contributed by atoms with E-state index in [1.807, 2.05) is 24.3 Å². The summed E-state index contributed by atoms with van der Waals surface area (Å²) in [6.07, 6.45) is 1.75. The maximum atomic E-state index is 13.4. The van der Waals surface area contributed by atoms with Crippen LogP contribution in [0, 0.1) is 0 Å². The molecule has 0 saturated carbocycles. The van der Waals surface area contributed by atoms with E-state index in [2.05, 4.69) is 9.97 Å². The van der Waals surface area contributed by atoms with Gasteiger partial charge in [-0.2, -0.15) is 4.31 Å². The van der Waals surface area contributed by atoms with Gasteiger partial charge >= 0.3 is 0 Å². The summed E-state index contributed by atoms with van der Waals surface area (Å²) in [5.74, 6) is 0.561. The highest BCUT2D eigenvalue weighted by Gasteiger charge is 2.56. The van der Waals surface area contributed by atoms with Gasteiger partial charge in [0.05, 0.1) is 31.9 Å². The van der Waals surface area contributed by atoms with Gasteiger partial charge in [-0.15, -0.1) is 0 Å². The molecule has 1 saturated heterocycles. The minimum absolute atomic E-state index is 0.0304. The average Bonchev–Trinajstić information content (AvgIpc) is 3.21. The van der Waals surface area contributed by atoms with E-state index in [1.54, 1.807) is 37.3 Å². The van der Waals surface area contributed by atoms with Crippen LogP contribution >= 0.6 is 0 Å². The lowest BCUT2D eigenvalue weighted by atomic mass is 9.70. The Morgan fingerprint density at radius 1 is 1.26 bits per heavy atom. The number of carbonyl (C=O) groups is 1. The van der Waals surface area contributed by atoms with Crippen LogP contribution in [0.3, 0.4) is 0 Å². The molecule has 180 valence electrons. The minimum Gasteiger partial charge on any atom is -0.497 e. The number of hydrogen-bond acceptors (Lipinski definition) is 6. The Balaban J connectivity index is 1.60. The van der Waals surface area contributed by atoms with Crippen LogP contribution in [0.5, 0.6) is 5.75 Å². The summed E-state index contributed by atoms with van der Waals surface area (Å²) in [4.78, 5) is 22.8. The van der Waals surface area contributed by atoms with Crippen molar-refractivity contribution in [3.05, 3.63) is 59.5 Å². The molecule has 2 aliphatic heterocycles. The normalized spacial score (nSPS) is 19.7. The number of benzene rings is 1. The van der Waals surface area contributed by atoms with E-state index < -0.39 is 21.5 Å². The highest BCUT2D eigenvalue weighted by atomic mass is 32.2. The van der Waals surface area contributed by atoms with Crippen LogP contribution in [-0.4, -0.2) is 77.7 Å². The minimum atomic E-state index is -3.35. The smallest absolute Gasteiger partial charge is 0.229 e. The molecule has 4 heterocycles. The number of aromatic nitrogens is 2. The van der Waals surface area contributed by atoms with Crippen molar-refractivity contribution in [1.29, 1.82) is 0 Å². The van der Waals surface area contributed by atoms with Gasteiger partial charge in [0.25, 0.3) is 0 Å². The molecule has 2 N–H and O–H groups in total. The number of aromatic amines is 1. The summed E-state index contributed by atoms with van der Waals surface area (Å²) in [5, 5.41) is 11.3. The number of carbonyl (C=O) groups excluding carboxylic acids is 1. The largest absolute Gasteiger partial charge is 0.497 e. The van der Waals surface area contributed by atoms with E-state index >= 15 is 0 Å². The second-order valence-corrected chi connectivity index (χ2v) is 11.2. The van der Waals surface area contributed by atoms with Crippen LogP contribution in [0.1, 0.15) is 29.9 Å². The number of H-pyrrole nitrogens is 1. The highest BCUT2D eigenvalue weighted by Crippen LogP contribution is 2.49. The lowest BCUT2D eigenvalue weighted by Gasteiger charge is -2.55. The van der Waals surface area contributed by atoms with Crippen LogP contribution in [0.2, 0.25) is 0 Å². The van der Waals surface area contributed by atoms with Crippen molar-refractivity contribution < 1.29 is 23.1 Å². The standard InChI is InChI=1S/C24H28N4O5S/c1-3-34(31,32)27-13-24(14-27)15-28(21(30)10-16-6-4-5-9-25-16)20(12-29)23-22(24)18-8-7-17(33-2)11-19(18)26-23/h4-9,11,20,26,29H,3,10,12-15H2,1-2H3/t20-/m1/s1. The van der Waals surface area contributed by atoms with Crippen molar-refractivity contribution >= 4 is 26.8 Å². The number of ether oxygens (including phenoxy) is 1. The zero-order chi connectivity index (χ0) is 24.1. The molecule has 0 bridgehead atoms. The molecule has 2 aliphatic rings. The third kappa shape index (κ3) is 3.57. The summed E-state index contributed by atoms with van der Waals surface area (Å²) in [7, 11) is -1.75. The fourth-order valence-corrected chi connectivity index (χ4v) is 6.55. The molecule has 1 fully saturated rings. The van der Waals surface area contributed by atoms with Crippen LogP contribution in [0.4, 0.5) is 0 Å². The van der Waals surface area contributed by atoms with Crippen LogP contribution in [-0.2, 0) is 26.7 Å². The van der Waals surface area contributed by atoms with Gasteiger partial charge in [0, 0.05) is 59.6 Å². The predicted molar refractivity (Wildman–Crippen MR) is 127 cm³/mol.